The van der Waals surface area contributed by atoms with Crippen LogP contribution in [-0.4, -0.2) is 42.7 Å². The summed E-state index contributed by atoms with van der Waals surface area (Å²) in [6.07, 6.45) is 0. The van der Waals surface area contributed by atoms with Gasteiger partial charge in [-0.15, -0.1) is 0 Å². The Bertz CT molecular complexity index is 170. The third-order valence-electron chi connectivity index (χ3n) is 1.19. The van der Waals surface area contributed by atoms with Crippen LogP contribution in [0.5, 0.6) is 0 Å². The molecule has 10 heavy (non-hydrogen) atoms. The Morgan fingerprint density at radius 1 is 1.30 bits per heavy atom. The van der Waals surface area contributed by atoms with Gasteiger partial charge < -0.3 is 5.73 Å². The molecule has 0 unspecified atom stereocenters. The van der Waals surface area contributed by atoms with Crippen molar-refractivity contribution < 1.29 is 0 Å². The second kappa shape index (κ2) is 7.06. The Labute approximate surface area is 99.8 Å². The van der Waals surface area contributed by atoms with Crippen molar-refractivity contribution in [3.8, 4) is 0 Å². The fraction of sp³-hybridized carbons (Fsp3) is 0.143. The molecule has 1 rings (SSSR count). The minimum atomic E-state index is 0.868. The molecule has 0 aliphatic rings. The molecule has 1 aromatic carbocycles. The first-order chi connectivity index (χ1) is 4.80. The van der Waals surface area contributed by atoms with Gasteiger partial charge in [0.2, 0.25) is 0 Å². The molecule has 0 spiro atoms. The minimum absolute atomic E-state index is 0.868. The molecule has 0 amide bonds. The number of halogens is 1. The molecular formula is C7H9IKN. The summed E-state index contributed by atoms with van der Waals surface area (Å²) >= 11 is 3.37. The Kier molecular flexibility index (Phi) is 8.04. The van der Waals surface area contributed by atoms with E-state index in [2.05, 4.69) is 11.3 Å². The maximum absolute atomic E-state index is 5.52. The topological polar surface area (TPSA) is 26.0 Å². The van der Waals surface area contributed by atoms with Crippen LogP contribution in [0.1, 0.15) is 5.56 Å². The van der Waals surface area contributed by atoms with E-state index in [-0.39, 0.29) is 0 Å². The number of hydrogen-bond donors (Lipinski definition) is 1. The van der Waals surface area contributed by atoms with E-state index in [4.69, 9.17) is 5.73 Å². The summed E-state index contributed by atoms with van der Waals surface area (Å²) in [5, 5.41) is 0. The average molecular weight is 273 g/mol. The third-order valence-corrected chi connectivity index (χ3v) is 1.19. The van der Waals surface area contributed by atoms with Gasteiger partial charge in [-0.05, 0) is 18.6 Å². The normalized spacial score (nSPS) is 8.00. The molecule has 0 fully saturated rings. The van der Waals surface area contributed by atoms with Gasteiger partial charge in [0.25, 0.3) is 0 Å². The molecule has 0 heterocycles. The van der Waals surface area contributed by atoms with Crippen LogP contribution < -0.4 is 5.73 Å². The molecule has 2 N–H and O–H groups in total. The van der Waals surface area contributed by atoms with Crippen molar-refractivity contribution in [1.29, 1.82) is 0 Å². The fourth-order valence-electron chi connectivity index (χ4n) is 0.587. The van der Waals surface area contributed by atoms with Gasteiger partial charge >= 0.3 is 54.0 Å². The Hall–Kier alpha value is 1.39. The summed E-state index contributed by atoms with van der Waals surface area (Å²) in [7, 11) is 0. The predicted octanol–water partition coefficient (Wildman–Crippen LogP) is 2.08. The number of anilines is 1. The van der Waals surface area contributed by atoms with Crippen molar-refractivity contribution in [2.24, 2.45) is 0 Å². The van der Waals surface area contributed by atoms with Crippen LogP contribution >= 0.6 is 11.3 Å². The molecule has 0 saturated carbocycles. The maximum atomic E-state index is 5.52. The second-order valence-corrected chi connectivity index (χ2v) is 1.86. The molecule has 1 aromatic rings. The Balaban J connectivity index is 0.000000371. The summed E-state index contributed by atoms with van der Waals surface area (Å²) in [4.78, 5) is 0. The van der Waals surface area contributed by atoms with Crippen LogP contribution in [-0.2, 0) is 0 Å². The first kappa shape index (κ1) is 11.4. The van der Waals surface area contributed by atoms with E-state index in [1.54, 1.807) is 0 Å². The zero-order valence-corrected chi connectivity index (χ0v) is 11.5. The van der Waals surface area contributed by atoms with E-state index < -0.39 is 0 Å². The van der Waals surface area contributed by atoms with E-state index >= 15 is 0 Å². The summed E-state index contributed by atoms with van der Waals surface area (Å²) in [5.41, 5.74) is 7.53. The zero-order valence-electron chi connectivity index (χ0n) is 6.26. The van der Waals surface area contributed by atoms with E-state index in [0.717, 1.165) is 54.0 Å². The molecule has 0 aromatic heterocycles. The van der Waals surface area contributed by atoms with Crippen molar-refractivity contribution in [3.63, 3.8) is 0 Å². The number of nitrogen functional groups attached to an aromatic ring is 1. The number of rotatable bonds is 0. The van der Waals surface area contributed by atoms with Crippen LogP contribution in [0.25, 0.3) is 0 Å². The van der Waals surface area contributed by atoms with Crippen molar-refractivity contribution >= 4 is 59.7 Å². The summed E-state index contributed by atoms with van der Waals surface area (Å²) in [6, 6.07) is 7.80. The molecule has 50 valence electrons. The third kappa shape index (κ3) is 4.30. The molecule has 1 nitrogen and oxygen atoms in total. The molecule has 0 aliphatic heterocycles. The first-order valence-corrected chi connectivity index (χ1v) is 13.1. The number of nitrogens with two attached hydrogens (primary N) is 1. The van der Waals surface area contributed by atoms with Gasteiger partial charge in [0.05, 0.1) is 0 Å². The van der Waals surface area contributed by atoms with Crippen LogP contribution in [0, 0.1) is 6.92 Å². The number of para-hydroxylation sites is 1. The van der Waals surface area contributed by atoms with E-state index in [9.17, 15) is 0 Å². The summed E-state index contributed by atoms with van der Waals surface area (Å²) in [5.74, 6) is 0. The van der Waals surface area contributed by atoms with Gasteiger partial charge in [0.1, 0.15) is 0 Å². The first-order valence-electron chi connectivity index (χ1n) is 2.99. The SMILES string of the molecule is Cc1ccccc1N.[K][I]. The standard InChI is InChI=1S/C7H9N.HI.K/c1-6-4-2-3-5-7(6)8;;/h2-5H,8H2,1H3;1H;/q;;+1/p-1. The second-order valence-electron chi connectivity index (χ2n) is 1.86. The van der Waals surface area contributed by atoms with Crippen LogP contribution in [0.3, 0.4) is 0 Å². The molecule has 3 heteroatoms. The molecule has 0 aliphatic carbocycles. The Morgan fingerprint density at radius 2 is 1.80 bits per heavy atom. The van der Waals surface area contributed by atoms with Gasteiger partial charge in [-0.1, -0.05) is 18.2 Å². The number of aryl methyl sites for hydroxylation is 1. The molecular weight excluding hydrogens is 264 g/mol. The molecule has 0 bridgehead atoms. The van der Waals surface area contributed by atoms with Gasteiger partial charge in [-0.25, -0.2) is 0 Å². The van der Waals surface area contributed by atoms with E-state index in [0.29, 0.717) is 0 Å². The van der Waals surface area contributed by atoms with Crippen LogP contribution in [0.2, 0.25) is 0 Å². The van der Waals surface area contributed by atoms with Crippen molar-refractivity contribution in [1.82, 2.24) is 0 Å². The fourth-order valence-corrected chi connectivity index (χ4v) is 0.587. The van der Waals surface area contributed by atoms with Crippen molar-refractivity contribution in [2.75, 3.05) is 5.73 Å². The van der Waals surface area contributed by atoms with Gasteiger partial charge in [0.15, 0.2) is 0 Å². The number of benzene rings is 1. The Morgan fingerprint density at radius 3 is 2.10 bits per heavy atom. The molecule has 0 saturated heterocycles. The quantitative estimate of drug-likeness (QED) is 0.437. The zero-order chi connectivity index (χ0) is 7.98. The van der Waals surface area contributed by atoms with Gasteiger partial charge in [0, 0.05) is 5.69 Å². The van der Waals surface area contributed by atoms with Crippen LogP contribution in [0.15, 0.2) is 24.3 Å². The van der Waals surface area contributed by atoms with Gasteiger partial charge in [-0.3, -0.25) is 0 Å². The average Bonchev–Trinajstić information content (AvgIpc) is 2.00. The summed E-state index contributed by atoms with van der Waals surface area (Å²) < 4.78 is 0. The summed E-state index contributed by atoms with van der Waals surface area (Å²) in [6.45, 7) is 2.00. The van der Waals surface area contributed by atoms with Crippen molar-refractivity contribution in [3.05, 3.63) is 29.8 Å². The van der Waals surface area contributed by atoms with Crippen LogP contribution in [0.4, 0.5) is 5.69 Å². The van der Waals surface area contributed by atoms with E-state index in [1.165, 1.54) is 0 Å². The van der Waals surface area contributed by atoms with E-state index in [1.807, 2.05) is 31.2 Å². The van der Waals surface area contributed by atoms with Crippen molar-refractivity contribution in [2.45, 2.75) is 6.92 Å². The molecule has 0 radical (unpaired) electrons. The monoisotopic (exact) mass is 273 g/mol. The predicted molar refractivity (Wildman–Crippen MR) is 55.4 cm³/mol. The van der Waals surface area contributed by atoms with Gasteiger partial charge in [-0.2, -0.15) is 0 Å². The molecule has 0 atom stereocenters. The number of hydrogen-bond acceptors (Lipinski definition) is 1.